The number of benzene rings is 3. The molecule has 3 heterocycles. The third kappa shape index (κ3) is 2.33. The first-order valence-electron chi connectivity index (χ1n) is 9.09. The lowest BCUT2D eigenvalue weighted by atomic mass is 9.99. The lowest BCUT2D eigenvalue weighted by Crippen LogP contribution is -1.92. The Balaban J connectivity index is 1.47. The van der Waals surface area contributed by atoms with Gasteiger partial charge in [-0.2, -0.15) is 0 Å². The first-order chi connectivity index (χ1) is 13.8. The van der Waals surface area contributed by atoms with Gasteiger partial charge in [-0.3, -0.25) is 0 Å². The molecule has 28 heavy (non-hydrogen) atoms. The van der Waals surface area contributed by atoms with Crippen molar-refractivity contribution >= 4 is 21.9 Å². The highest BCUT2D eigenvalue weighted by molar-refractivity contribution is 5.97. The molecular formula is C23H15N3O2. The van der Waals surface area contributed by atoms with Gasteiger partial charge in [0.1, 0.15) is 5.82 Å². The summed E-state index contributed by atoms with van der Waals surface area (Å²) in [6, 6.07) is 22.6. The Morgan fingerprint density at radius 3 is 2.71 bits per heavy atom. The van der Waals surface area contributed by atoms with Gasteiger partial charge in [0.25, 0.3) is 0 Å². The molecule has 5 aromatic rings. The van der Waals surface area contributed by atoms with E-state index in [4.69, 9.17) is 9.47 Å². The quantitative estimate of drug-likeness (QED) is 0.469. The molecule has 0 bridgehead atoms. The second kappa shape index (κ2) is 5.82. The molecule has 0 unspecified atom stereocenters. The number of H-pyrrole nitrogens is 1. The van der Waals surface area contributed by atoms with Gasteiger partial charge in [-0.05, 0) is 40.6 Å². The van der Waals surface area contributed by atoms with Crippen LogP contribution in [0.15, 0.2) is 72.9 Å². The van der Waals surface area contributed by atoms with Crippen LogP contribution in [-0.4, -0.2) is 21.7 Å². The van der Waals surface area contributed by atoms with Gasteiger partial charge < -0.3 is 14.5 Å². The highest BCUT2D eigenvalue weighted by atomic mass is 16.7. The second-order valence-electron chi connectivity index (χ2n) is 6.78. The Bertz CT molecular complexity index is 1350. The number of ether oxygens (including phenoxy) is 2. The van der Waals surface area contributed by atoms with Crippen molar-refractivity contribution < 1.29 is 9.47 Å². The summed E-state index contributed by atoms with van der Waals surface area (Å²) in [5.74, 6) is 2.26. The number of nitrogens with zero attached hydrogens (tertiary/aromatic N) is 2. The smallest absolute Gasteiger partial charge is 0.231 e. The van der Waals surface area contributed by atoms with E-state index in [-0.39, 0.29) is 6.79 Å². The lowest BCUT2D eigenvalue weighted by Gasteiger charge is -2.06. The van der Waals surface area contributed by atoms with E-state index in [9.17, 15) is 0 Å². The molecule has 0 spiro atoms. The highest BCUT2D eigenvalue weighted by Crippen LogP contribution is 2.36. The number of aromatic amines is 1. The summed E-state index contributed by atoms with van der Waals surface area (Å²) in [7, 11) is 0. The van der Waals surface area contributed by atoms with E-state index in [0.29, 0.717) is 5.65 Å². The predicted molar refractivity (Wildman–Crippen MR) is 108 cm³/mol. The number of hydrogen-bond donors (Lipinski definition) is 1. The van der Waals surface area contributed by atoms with Crippen molar-refractivity contribution in [1.82, 2.24) is 15.0 Å². The number of rotatable bonds is 2. The maximum atomic E-state index is 5.47. The van der Waals surface area contributed by atoms with E-state index < -0.39 is 0 Å². The molecule has 6 rings (SSSR count). The van der Waals surface area contributed by atoms with E-state index in [1.165, 1.54) is 10.8 Å². The minimum absolute atomic E-state index is 0.259. The van der Waals surface area contributed by atoms with Gasteiger partial charge >= 0.3 is 0 Å². The van der Waals surface area contributed by atoms with Crippen LogP contribution < -0.4 is 9.47 Å². The van der Waals surface area contributed by atoms with Crippen LogP contribution in [0.1, 0.15) is 0 Å². The Labute approximate surface area is 160 Å². The molecular weight excluding hydrogens is 350 g/mol. The van der Waals surface area contributed by atoms with E-state index in [1.54, 1.807) is 0 Å². The van der Waals surface area contributed by atoms with Crippen molar-refractivity contribution in [2.75, 3.05) is 6.79 Å². The molecule has 1 N–H and O–H groups in total. The number of imidazole rings is 1. The topological polar surface area (TPSA) is 60.0 Å². The fourth-order valence-corrected chi connectivity index (χ4v) is 3.71. The van der Waals surface area contributed by atoms with Crippen LogP contribution in [0, 0.1) is 0 Å². The molecule has 0 aliphatic carbocycles. The fourth-order valence-electron chi connectivity index (χ4n) is 3.71. The van der Waals surface area contributed by atoms with Gasteiger partial charge in [-0.1, -0.05) is 42.5 Å². The van der Waals surface area contributed by atoms with Gasteiger partial charge in [0.2, 0.25) is 6.79 Å². The van der Waals surface area contributed by atoms with Gasteiger partial charge in [0.05, 0.1) is 5.52 Å². The number of fused-ring (bicyclic) bond motifs is 3. The number of nitrogens with one attached hydrogen (secondary N) is 1. The molecule has 0 amide bonds. The lowest BCUT2D eigenvalue weighted by molar-refractivity contribution is 0.174. The number of pyridine rings is 1. The van der Waals surface area contributed by atoms with E-state index in [2.05, 4.69) is 63.5 Å². The number of aromatic nitrogens is 3. The van der Waals surface area contributed by atoms with Gasteiger partial charge in [0.15, 0.2) is 17.1 Å². The monoisotopic (exact) mass is 365 g/mol. The van der Waals surface area contributed by atoms with Crippen molar-refractivity contribution in [3.05, 3.63) is 72.9 Å². The molecule has 2 aromatic heterocycles. The average molecular weight is 365 g/mol. The van der Waals surface area contributed by atoms with Gasteiger partial charge in [-0.25, -0.2) is 9.97 Å². The second-order valence-corrected chi connectivity index (χ2v) is 6.78. The summed E-state index contributed by atoms with van der Waals surface area (Å²) in [4.78, 5) is 12.6. The maximum Gasteiger partial charge on any atom is 0.231 e. The van der Waals surface area contributed by atoms with E-state index in [1.807, 2.05) is 24.4 Å². The summed E-state index contributed by atoms with van der Waals surface area (Å²) >= 11 is 0. The van der Waals surface area contributed by atoms with Crippen LogP contribution in [-0.2, 0) is 0 Å². The molecule has 5 heteroatoms. The molecule has 5 nitrogen and oxygen atoms in total. The standard InChI is InChI=1S/C23H15N3O2/c1-2-6-17-14(4-1)5-3-7-18(17)16-10-19-23(24-12-16)26-22(25-19)15-8-9-20-21(11-15)28-13-27-20/h1-12H,13H2,(H,24,25,26). The Morgan fingerprint density at radius 1 is 0.821 bits per heavy atom. The van der Waals surface area contributed by atoms with Gasteiger partial charge in [-0.15, -0.1) is 0 Å². The largest absolute Gasteiger partial charge is 0.454 e. The van der Waals surface area contributed by atoms with E-state index >= 15 is 0 Å². The molecule has 1 aliphatic heterocycles. The SMILES string of the molecule is c1ccc2c(-c3cnc4nc(-c5ccc6c(c5)OCO6)[nH]c4c3)cccc2c1. The molecule has 134 valence electrons. The third-order valence-corrected chi connectivity index (χ3v) is 5.08. The zero-order chi connectivity index (χ0) is 18.5. The summed E-state index contributed by atoms with van der Waals surface area (Å²) in [6.07, 6.45) is 1.88. The first kappa shape index (κ1) is 15.2. The minimum atomic E-state index is 0.259. The molecule has 0 saturated carbocycles. The summed E-state index contributed by atoms with van der Waals surface area (Å²) in [5, 5.41) is 2.42. The molecule has 0 saturated heterocycles. The summed E-state index contributed by atoms with van der Waals surface area (Å²) in [5.41, 5.74) is 4.75. The number of hydrogen-bond acceptors (Lipinski definition) is 4. The minimum Gasteiger partial charge on any atom is -0.454 e. The van der Waals surface area contributed by atoms with Crippen LogP contribution in [0.4, 0.5) is 0 Å². The van der Waals surface area contributed by atoms with Crippen LogP contribution >= 0.6 is 0 Å². The van der Waals surface area contributed by atoms with Gasteiger partial charge in [0, 0.05) is 17.3 Å². The maximum absolute atomic E-state index is 5.47. The highest BCUT2D eigenvalue weighted by Gasteiger charge is 2.16. The van der Waals surface area contributed by atoms with Crippen molar-refractivity contribution in [3.63, 3.8) is 0 Å². The zero-order valence-corrected chi connectivity index (χ0v) is 14.8. The first-order valence-corrected chi connectivity index (χ1v) is 9.09. The molecule has 0 radical (unpaired) electrons. The van der Waals surface area contributed by atoms with E-state index in [0.717, 1.165) is 39.5 Å². The molecule has 0 atom stereocenters. The Kier molecular flexibility index (Phi) is 3.17. The summed E-state index contributed by atoms with van der Waals surface area (Å²) in [6.45, 7) is 0.259. The normalized spacial score (nSPS) is 12.7. The van der Waals surface area contributed by atoms with Crippen molar-refractivity contribution in [3.8, 4) is 34.0 Å². The van der Waals surface area contributed by atoms with Crippen LogP contribution in [0.3, 0.4) is 0 Å². The average Bonchev–Trinajstić information content (AvgIpc) is 3.38. The molecule has 1 aliphatic rings. The van der Waals surface area contributed by atoms with Crippen molar-refractivity contribution in [1.29, 1.82) is 0 Å². The Hall–Kier alpha value is -3.86. The van der Waals surface area contributed by atoms with Crippen LogP contribution in [0.5, 0.6) is 11.5 Å². The van der Waals surface area contributed by atoms with Crippen LogP contribution in [0.25, 0.3) is 44.5 Å². The van der Waals surface area contributed by atoms with Crippen molar-refractivity contribution in [2.45, 2.75) is 0 Å². The summed E-state index contributed by atoms with van der Waals surface area (Å²) < 4.78 is 10.9. The van der Waals surface area contributed by atoms with Crippen molar-refractivity contribution in [2.24, 2.45) is 0 Å². The third-order valence-electron chi connectivity index (χ3n) is 5.08. The Morgan fingerprint density at radius 2 is 1.71 bits per heavy atom. The predicted octanol–water partition coefficient (Wildman–Crippen LogP) is 5.17. The van der Waals surface area contributed by atoms with Crippen LogP contribution in [0.2, 0.25) is 0 Å². The zero-order valence-electron chi connectivity index (χ0n) is 14.8. The molecule has 3 aromatic carbocycles. The molecule has 0 fully saturated rings. The fraction of sp³-hybridized carbons (Fsp3) is 0.0435.